The highest BCUT2D eigenvalue weighted by Gasteiger charge is 2.31. The molecule has 2 rings (SSSR count). The maximum absolute atomic E-state index is 12.1. The fourth-order valence-electron chi connectivity index (χ4n) is 1.91. The van der Waals surface area contributed by atoms with Crippen LogP contribution in [0, 0.1) is 0 Å². The smallest absolute Gasteiger partial charge is 0.227 e. The summed E-state index contributed by atoms with van der Waals surface area (Å²) in [7, 11) is 0. The molecule has 3 nitrogen and oxygen atoms in total. The van der Waals surface area contributed by atoms with Gasteiger partial charge < -0.3 is 10.0 Å². The van der Waals surface area contributed by atoms with Crippen molar-refractivity contribution >= 4 is 21.8 Å². The first-order chi connectivity index (χ1) is 8.22. The third kappa shape index (κ3) is 3.30. The molecule has 0 spiro atoms. The van der Waals surface area contributed by atoms with Gasteiger partial charge in [0.05, 0.1) is 13.0 Å². The Bertz CT molecular complexity index is 404. The van der Waals surface area contributed by atoms with Gasteiger partial charge in [0.1, 0.15) is 0 Å². The van der Waals surface area contributed by atoms with Gasteiger partial charge in [-0.1, -0.05) is 34.1 Å². The molecular formula is C13H16BrNO2. The zero-order chi connectivity index (χ0) is 12.3. The van der Waals surface area contributed by atoms with Crippen molar-refractivity contribution in [1.29, 1.82) is 0 Å². The maximum Gasteiger partial charge on any atom is 0.227 e. The minimum atomic E-state index is 0.0399. The van der Waals surface area contributed by atoms with Gasteiger partial charge in [-0.15, -0.1) is 0 Å². The summed E-state index contributed by atoms with van der Waals surface area (Å²) in [6.45, 7) is 0.492. The summed E-state index contributed by atoms with van der Waals surface area (Å²) in [5.74, 6) is 0.105. The Morgan fingerprint density at radius 3 is 2.71 bits per heavy atom. The first kappa shape index (κ1) is 12.6. The number of carbonyl (C=O) groups is 1. The average Bonchev–Trinajstić information content (AvgIpc) is 3.13. The predicted octanol–water partition coefficient (Wildman–Crippen LogP) is 1.97. The van der Waals surface area contributed by atoms with Crippen LogP contribution in [0.25, 0.3) is 0 Å². The van der Waals surface area contributed by atoms with Crippen LogP contribution in [0.15, 0.2) is 28.7 Å². The van der Waals surface area contributed by atoms with Crippen LogP contribution >= 0.6 is 15.9 Å². The molecule has 0 unspecified atom stereocenters. The highest BCUT2D eigenvalue weighted by Crippen LogP contribution is 2.27. The fourth-order valence-corrected chi connectivity index (χ4v) is 2.34. The molecule has 1 amide bonds. The summed E-state index contributed by atoms with van der Waals surface area (Å²) in [6.07, 6.45) is 2.54. The van der Waals surface area contributed by atoms with E-state index >= 15 is 0 Å². The Morgan fingerprint density at radius 2 is 2.12 bits per heavy atom. The Hall–Kier alpha value is -0.870. The third-order valence-corrected chi connectivity index (χ3v) is 3.72. The lowest BCUT2D eigenvalue weighted by molar-refractivity contribution is -0.131. The van der Waals surface area contributed by atoms with Crippen LogP contribution in [0.5, 0.6) is 0 Å². The first-order valence-corrected chi connectivity index (χ1v) is 6.65. The second kappa shape index (κ2) is 5.65. The standard InChI is InChI=1S/C13H16BrNO2/c14-12-4-2-1-3-10(12)9-13(17)15(7-8-16)11-5-6-11/h1-4,11,16H,5-9H2. The van der Waals surface area contributed by atoms with Crippen molar-refractivity contribution in [3.05, 3.63) is 34.3 Å². The largest absolute Gasteiger partial charge is 0.395 e. The zero-order valence-corrected chi connectivity index (χ0v) is 11.2. The molecule has 92 valence electrons. The number of hydrogen-bond donors (Lipinski definition) is 1. The monoisotopic (exact) mass is 297 g/mol. The molecule has 17 heavy (non-hydrogen) atoms. The zero-order valence-electron chi connectivity index (χ0n) is 9.60. The van der Waals surface area contributed by atoms with Crippen molar-refractivity contribution in [3.63, 3.8) is 0 Å². The molecule has 1 aromatic rings. The lowest BCUT2D eigenvalue weighted by Gasteiger charge is -2.21. The molecule has 1 aromatic carbocycles. The fraction of sp³-hybridized carbons (Fsp3) is 0.462. The minimum Gasteiger partial charge on any atom is -0.395 e. The van der Waals surface area contributed by atoms with Gasteiger partial charge in [0.25, 0.3) is 0 Å². The van der Waals surface area contributed by atoms with E-state index in [2.05, 4.69) is 15.9 Å². The average molecular weight is 298 g/mol. The molecule has 1 aliphatic carbocycles. The molecule has 0 saturated heterocycles. The Morgan fingerprint density at radius 1 is 1.41 bits per heavy atom. The van der Waals surface area contributed by atoms with E-state index in [1.807, 2.05) is 24.3 Å². The highest BCUT2D eigenvalue weighted by atomic mass is 79.9. The minimum absolute atomic E-state index is 0.0399. The van der Waals surface area contributed by atoms with E-state index in [4.69, 9.17) is 5.11 Å². The molecule has 1 saturated carbocycles. The number of nitrogens with zero attached hydrogens (tertiary/aromatic N) is 1. The van der Waals surface area contributed by atoms with E-state index in [1.165, 1.54) is 0 Å². The number of benzene rings is 1. The van der Waals surface area contributed by atoms with Gasteiger partial charge in [-0.3, -0.25) is 4.79 Å². The number of aliphatic hydroxyl groups excluding tert-OH is 1. The lowest BCUT2D eigenvalue weighted by Crippen LogP contribution is -2.36. The molecular weight excluding hydrogens is 282 g/mol. The molecule has 1 N–H and O–H groups in total. The van der Waals surface area contributed by atoms with Crippen LogP contribution in [0.1, 0.15) is 18.4 Å². The van der Waals surface area contributed by atoms with Crippen LogP contribution in [-0.4, -0.2) is 35.1 Å². The number of aliphatic hydroxyl groups is 1. The van der Waals surface area contributed by atoms with E-state index in [-0.39, 0.29) is 12.5 Å². The van der Waals surface area contributed by atoms with Crippen LogP contribution < -0.4 is 0 Å². The first-order valence-electron chi connectivity index (χ1n) is 5.86. The van der Waals surface area contributed by atoms with Crippen LogP contribution in [-0.2, 0) is 11.2 Å². The van der Waals surface area contributed by atoms with E-state index in [0.29, 0.717) is 19.0 Å². The Labute approximate surface area is 110 Å². The Balaban J connectivity index is 2.02. The van der Waals surface area contributed by atoms with Crippen LogP contribution in [0.2, 0.25) is 0 Å². The van der Waals surface area contributed by atoms with Crippen LogP contribution in [0.3, 0.4) is 0 Å². The van der Waals surface area contributed by atoms with Crippen molar-refractivity contribution in [2.24, 2.45) is 0 Å². The second-order valence-corrected chi connectivity index (χ2v) is 5.16. The van der Waals surface area contributed by atoms with Gasteiger partial charge in [-0.05, 0) is 24.5 Å². The molecule has 0 radical (unpaired) electrons. The van der Waals surface area contributed by atoms with E-state index in [0.717, 1.165) is 22.9 Å². The Kier molecular flexibility index (Phi) is 4.18. The third-order valence-electron chi connectivity index (χ3n) is 2.95. The quantitative estimate of drug-likeness (QED) is 0.903. The number of hydrogen-bond acceptors (Lipinski definition) is 2. The maximum atomic E-state index is 12.1. The van der Waals surface area contributed by atoms with Crippen molar-refractivity contribution in [3.8, 4) is 0 Å². The predicted molar refractivity (Wildman–Crippen MR) is 69.7 cm³/mol. The molecule has 1 aliphatic rings. The summed E-state index contributed by atoms with van der Waals surface area (Å²) in [6, 6.07) is 8.12. The van der Waals surface area contributed by atoms with E-state index < -0.39 is 0 Å². The summed E-state index contributed by atoms with van der Waals surface area (Å²) >= 11 is 3.45. The van der Waals surface area contributed by atoms with Crippen molar-refractivity contribution in [2.45, 2.75) is 25.3 Å². The number of amides is 1. The van der Waals surface area contributed by atoms with E-state index in [9.17, 15) is 4.79 Å². The highest BCUT2D eigenvalue weighted by molar-refractivity contribution is 9.10. The molecule has 1 fully saturated rings. The lowest BCUT2D eigenvalue weighted by atomic mass is 10.1. The summed E-state index contributed by atoms with van der Waals surface area (Å²) in [5.41, 5.74) is 1.00. The van der Waals surface area contributed by atoms with Gasteiger partial charge in [0.2, 0.25) is 5.91 Å². The van der Waals surface area contributed by atoms with Gasteiger partial charge in [0.15, 0.2) is 0 Å². The second-order valence-electron chi connectivity index (χ2n) is 4.31. The van der Waals surface area contributed by atoms with Gasteiger partial charge in [-0.2, -0.15) is 0 Å². The van der Waals surface area contributed by atoms with Crippen molar-refractivity contribution < 1.29 is 9.90 Å². The molecule has 0 heterocycles. The van der Waals surface area contributed by atoms with Gasteiger partial charge in [-0.25, -0.2) is 0 Å². The molecule has 0 aromatic heterocycles. The molecule has 0 aliphatic heterocycles. The van der Waals surface area contributed by atoms with Crippen LogP contribution in [0.4, 0.5) is 0 Å². The summed E-state index contributed by atoms with van der Waals surface area (Å²) in [4.78, 5) is 13.9. The van der Waals surface area contributed by atoms with Crippen molar-refractivity contribution in [2.75, 3.05) is 13.2 Å². The topological polar surface area (TPSA) is 40.5 Å². The SMILES string of the molecule is O=C(Cc1ccccc1Br)N(CCO)C1CC1. The van der Waals surface area contributed by atoms with E-state index in [1.54, 1.807) is 4.90 Å². The molecule has 0 atom stereocenters. The summed E-state index contributed by atoms with van der Waals surface area (Å²) < 4.78 is 0.966. The molecule has 4 heteroatoms. The number of carbonyl (C=O) groups excluding carboxylic acids is 1. The number of rotatable bonds is 5. The van der Waals surface area contributed by atoms with Crippen molar-refractivity contribution in [1.82, 2.24) is 4.90 Å². The number of halogens is 1. The molecule has 0 bridgehead atoms. The van der Waals surface area contributed by atoms with Gasteiger partial charge in [0, 0.05) is 17.1 Å². The summed E-state index contributed by atoms with van der Waals surface area (Å²) in [5, 5.41) is 8.98. The van der Waals surface area contributed by atoms with Gasteiger partial charge >= 0.3 is 0 Å². The normalized spacial score (nSPS) is 14.7.